The van der Waals surface area contributed by atoms with Gasteiger partial charge >= 0.3 is 6.61 Å². The Kier molecular flexibility index (Phi) is 5.40. The zero-order chi connectivity index (χ0) is 16.7. The molecular formula is C13H12F2N6O2. The number of aromatic nitrogens is 4. The molecule has 10 heteroatoms. The Morgan fingerprint density at radius 1 is 1.48 bits per heavy atom. The van der Waals surface area contributed by atoms with E-state index in [9.17, 15) is 8.78 Å². The number of ether oxygens (including phenoxy) is 2. The minimum Gasteiger partial charge on any atom is -0.490 e. The van der Waals surface area contributed by atoms with Gasteiger partial charge in [0, 0.05) is 18.0 Å². The highest BCUT2D eigenvalue weighted by atomic mass is 19.3. The molecule has 0 atom stereocenters. The monoisotopic (exact) mass is 322 g/mol. The number of nitrogens with zero attached hydrogens (tertiary/aromatic N) is 4. The van der Waals surface area contributed by atoms with E-state index in [1.807, 2.05) is 6.07 Å². The van der Waals surface area contributed by atoms with Crippen LogP contribution in [-0.2, 0) is 0 Å². The van der Waals surface area contributed by atoms with E-state index >= 15 is 0 Å². The van der Waals surface area contributed by atoms with Crippen LogP contribution in [0.25, 0.3) is 5.57 Å². The molecule has 2 aromatic rings. The quantitative estimate of drug-likeness (QED) is 0.752. The van der Waals surface area contributed by atoms with E-state index in [1.165, 1.54) is 24.4 Å². The molecule has 1 heterocycles. The number of nitrogens with one attached hydrogen (secondary N) is 2. The molecule has 120 valence electrons. The smallest absolute Gasteiger partial charge is 0.387 e. The first-order chi connectivity index (χ1) is 11.1. The van der Waals surface area contributed by atoms with Crippen LogP contribution >= 0.6 is 0 Å². The number of halogens is 2. The third kappa shape index (κ3) is 4.37. The summed E-state index contributed by atoms with van der Waals surface area (Å²) >= 11 is 0. The molecule has 0 unspecified atom stereocenters. The normalized spacial score (nSPS) is 11.2. The molecule has 1 aromatic carbocycles. The van der Waals surface area contributed by atoms with E-state index in [2.05, 4.69) is 30.7 Å². The van der Waals surface area contributed by atoms with Gasteiger partial charge in [0.2, 0.25) is 5.82 Å². The molecule has 2 rings (SSSR count). The first kappa shape index (κ1) is 16.2. The Balaban J connectivity index is 2.20. The molecule has 2 N–H and O–H groups in total. The highest BCUT2D eigenvalue weighted by Crippen LogP contribution is 2.31. The van der Waals surface area contributed by atoms with Crippen molar-refractivity contribution < 1.29 is 18.3 Å². The number of alkyl halides is 2. The Labute approximate surface area is 129 Å². The number of aromatic amines is 1. The van der Waals surface area contributed by atoms with Crippen molar-refractivity contribution in [3.63, 3.8) is 0 Å². The van der Waals surface area contributed by atoms with Gasteiger partial charge in [0.25, 0.3) is 0 Å². The first-order valence-corrected chi connectivity index (χ1v) is 6.46. The second kappa shape index (κ2) is 7.69. The van der Waals surface area contributed by atoms with Crippen LogP contribution in [0.5, 0.6) is 11.5 Å². The number of H-pyrrole nitrogens is 1. The van der Waals surface area contributed by atoms with Gasteiger partial charge in [-0.25, -0.2) is 0 Å². The van der Waals surface area contributed by atoms with Gasteiger partial charge in [0.05, 0.1) is 6.61 Å². The van der Waals surface area contributed by atoms with Gasteiger partial charge in [-0.1, -0.05) is 0 Å². The number of nitriles is 1. The van der Waals surface area contributed by atoms with Crippen molar-refractivity contribution in [1.82, 2.24) is 20.6 Å². The molecular weight excluding hydrogens is 310 g/mol. The number of anilines is 1. The van der Waals surface area contributed by atoms with Gasteiger partial charge < -0.3 is 14.8 Å². The Hall–Kier alpha value is -3.22. The topological polar surface area (TPSA) is 109 Å². The van der Waals surface area contributed by atoms with Crippen LogP contribution in [0.1, 0.15) is 12.7 Å². The fourth-order valence-electron chi connectivity index (χ4n) is 1.64. The van der Waals surface area contributed by atoms with Crippen LogP contribution in [0.15, 0.2) is 24.4 Å². The molecule has 23 heavy (non-hydrogen) atoms. The van der Waals surface area contributed by atoms with Crippen LogP contribution in [0.3, 0.4) is 0 Å². The van der Waals surface area contributed by atoms with Gasteiger partial charge in [-0.05, 0) is 24.3 Å². The van der Waals surface area contributed by atoms with Gasteiger partial charge in [-0.15, -0.1) is 10.2 Å². The SMILES string of the molecule is CCOc1cc(NC=C(C#N)c2nn[nH]n2)ccc1OC(F)F. The van der Waals surface area contributed by atoms with Gasteiger partial charge in [-0.3, -0.25) is 0 Å². The molecule has 0 aliphatic heterocycles. The zero-order valence-electron chi connectivity index (χ0n) is 12.0. The summed E-state index contributed by atoms with van der Waals surface area (Å²) in [6, 6.07) is 6.23. The highest BCUT2D eigenvalue weighted by molar-refractivity contribution is 5.74. The lowest BCUT2D eigenvalue weighted by Gasteiger charge is -2.12. The number of allylic oxidation sites excluding steroid dienone is 1. The van der Waals surface area contributed by atoms with Crippen molar-refractivity contribution in [3.8, 4) is 17.6 Å². The standard InChI is InChI=1S/C13H12F2N6O2/c1-2-22-11-5-9(3-4-10(11)23-13(14)15)17-7-8(6-16)12-18-20-21-19-12/h3-5,7,13,17H,2H2,1H3,(H,18,19,20,21). The van der Waals surface area contributed by atoms with Crippen LogP contribution < -0.4 is 14.8 Å². The van der Waals surface area contributed by atoms with Crippen molar-refractivity contribution in [2.75, 3.05) is 11.9 Å². The first-order valence-electron chi connectivity index (χ1n) is 6.46. The number of rotatable bonds is 7. The van der Waals surface area contributed by atoms with E-state index in [1.54, 1.807) is 6.92 Å². The molecule has 0 radical (unpaired) electrons. The van der Waals surface area contributed by atoms with E-state index in [-0.39, 0.29) is 29.5 Å². The summed E-state index contributed by atoms with van der Waals surface area (Å²) in [5.74, 6) is 0.210. The summed E-state index contributed by atoms with van der Waals surface area (Å²) < 4.78 is 34.3. The molecule has 0 fully saturated rings. The van der Waals surface area contributed by atoms with Crippen LogP contribution in [0, 0.1) is 11.3 Å². The maximum Gasteiger partial charge on any atom is 0.387 e. The average molecular weight is 322 g/mol. The maximum atomic E-state index is 12.3. The largest absolute Gasteiger partial charge is 0.490 e. The fraction of sp³-hybridized carbons (Fsp3) is 0.231. The minimum absolute atomic E-state index is 0.0740. The predicted molar refractivity (Wildman–Crippen MR) is 75.6 cm³/mol. The van der Waals surface area contributed by atoms with Crippen molar-refractivity contribution in [1.29, 1.82) is 5.26 Å². The summed E-state index contributed by atoms with van der Waals surface area (Å²) in [6.45, 7) is -0.946. The van der Waals surface area contributed by atoms with Gasteiger partial charge in [0.1, 0.15) is 11.6 Å². The molecule has 8 nitrogen and oxygen atoms in total. The Morgan fingerprint density at radius 3 is 2.91 bits per heavy atom. The summed E-state index contributed by atoms with van der Waals surface area (Å²) in [7, 11) is 0. The van der Waals surface area contributed by atoms with Gasteiger partial charge in [-0.2, -0.15) is 19.3 Å². The molecule has 1 aromatic heterocycles. The van der Waals surface area contributed by atoms with E-state index < -0.39 is 6.61 Å². The van der Waals surface area contributed by atoms with Crippen molar-refractivity contribution in [3.05, 3.63) is 30.2 Å². The average Bonchev–Trinajstić information content (AvgIpc) is 3.04. The highest BCUT2D eigenvalue weighted by Gasteiger charge is 2.12. The van der Waals surface area contributed by atoms with Gasteiger partial charge in [0.15, 0.2) is 11.5 Å². The summed E-state index contributed by atoms with van der Waals surface area (Å²) in [5, 5.41) is 24.9. The lowest BCUT2D eigenvalue weighted by molar-refractivity contribution is -0.0514. The van der Waals surface area contributed by atoms with Crippen LogP contribution in [0.4, 0.5) is 14.5 Å². The molecule has 0 saturated carbocycles. The summed E-state index contributed by atoms with van der Waals surface area (Å²) in [4.78, 5) is 0. The van der Waals surface area contributed by atoms with Crippen LogP contribution in [-0.4, -0.2) is 33.8 Å². The fourth-order valence-corrected chi connectivity index (χ4v) is 1.64. The van der Waals surface area contributed by atoms with Crippen molar-refractivity contribution >= 4 is 11.3 Å². The summed E-state index contributed by atoms with van der Waals surface area (Å²) in [5.41, 5.74) is 0.649. The predicted octanol–water partition coefficient (Wildman–Crippen LogP) is 2.18. The Bertz CT molecular complexity index is 712. The van der Waals surface area contributed by atoms with Crippen LogP contribution in [0.2, 0.25) is 0 Å². The molecule has 0 amide bonds. The van der Waals surface area contributed by atoms with E-state index in [4.69, 9.17) is 10.00 Å². The lowest BCUT2D eigenvalue weighted by Crippen LogP contribution is -2.05. The van der Waals surface area contributed by atoms with Crippen molar-refractivity contribution in [2.24, 2.45) is 0 Å². The Morgan fingerprint density at radius 2 is 2.30 bits per heavy atom. The molecule has 0 spiro atoms. The molecule has 0 aliphatic rings. The summed E-state index contributed by atoms with van der Waals surface area (Å²) in [6.07, 6.45) is 1.36. The number of tetrazole rings is 1. The number of hydrogen-bond donors (Lipinski definition) is 2. The molecule has 0 bridgehead atoms. The maximum absolute atomic E-state index is 12.3. The molecule has 0 saturated heterocycles. The lowest BCUT2D eigenvalue weighted by atomic mass is 10.2. The number of hydrogen-bond acceptors (Lipinski definition) is 7. The second-order valence-electron chi connectivity index (χ2n) is 4.02. The minimum atomic E-state index is -2.95. The van der Waals surface area contributed by atoms with E-state index in [0.29, 0.717) is 5.69 Å². The second-order valence-corrected chi connectivity index (χ2v) is 4.02. The third-order valence-electron chi connectivity index (χ3n) is 2.55. The molecule has 0 aliphatic carbocycles. The van der Waals surface area contributed by atoms with E-state index in [0.717, 1.165) is 0 Å². The van der Waals surface area contributed by atoms with Crippen molar-refractivity contribution in [2.45, 2.75) is 13.5 Å². The third-order valence-corrected chi connectivity index (χ3v) is 2.55. The number of benzene rings is 1. The zero-order valence-corrected chi connectivity index (χ0v) is 12.0.